The second-order valence-corrected chi connectivity index (χ2v) is 4.58. The molecule has 0 aromatic carbocycles. The molecule has 0 bridgehead atoms. The smallest absolute Gasteiger partial charge is 0.280 e. The quantitative estimate of drug-likeness (QED) is 0.755. The molecule has 7 heteroatoms. The Morgan fingerprint density at radius 2 is 2.35 bits per heavy atom. The Labute approximate surface area is 97.2 Å². The van der Waals surface area contributed by atoms with E-state index in [1.165, 1.54) is 15.6 Å². The highest BCUT2D eigenvalue weighted by Crippen LogP contribution is 2.31. The van der Waals surface area contributed by atoms with Gasteiger partial charge in [-0.25, -0.2) is 9.36 Å². The zero-order valence-electron chi connectivity index (χ0n) is 9.58. The summed E-state index contributed by atoms with van der Waals surface area (Å²) in [5.74, 6) is 0.535. The Balaban J connectivity index is 1.99. The van der Waals surface area contributed by atoms with Crippen molar-refractivity contribution >= 4 is 11.0 Å². The van der Waals surface area contributed by atoms with Crippen LogP contribution in [0.4, 0.5) is 0 Å². The molecule has 3 rings (SSSR count). The van der Waals surface area contributed by atoms with Crippen LogP contribution >= 0.6 is 0 Å². The maximum absolute atomic E-state index is 12.1. The monoisotopic (exact) mass is 234 g/mol. The molecule has 0 amide bonds. The predicted octanol–water partition coefficient (Wildman–Crippen LogP) is -0.738. The predicted molar refractivity (Wildman–Crippen MR) is 61.3 cm³/mol. The van der Waals surface area contributed by atoms with Crippen LogP contribution in [0.5, 0.6) is 0 Å². The van der Waals surface area contributed by atoms with E-state index in [9.17, 15) is 4.79 Å². The van der Waals surface area contributed by atoms with Gasteiger partial charge >= 0.3 is 0 Å². The van der Waals surface area contributed by atoms with Gasteiger partial charge in [0.2, 0.25) is 0 Å². The van der Waals surface area contributed by atoms with Crippen LogP contribution in [0.2, 0.25) is 0 Å². The van der Waals surface area contributed by atoms with Gasteiger partial charge < -0.3 is 5.73 Å². The second kappa shape index (κ2) is 3.63. The minimum absolute atomic E-state index is 0.00359. The number of hydrogen-bond donors (Lipinski definition) is 1. The second-order valence-electron chi connectivity index (χ2n) is 4.58. The van der Waals surface area contributed by atoms with E-state index in [-0.39, 0.29) is 11.6 Å². The van der Waals surface area contributed by atoms with Gasteiger partial charge in [0.25, 0.3) is 5.56 Å². The van der Waals surface area contributed by atoms with Crippen LogP contribution in [0.1, 0.15) is 12.8 Å². The van der Waals surface area contributed by atoms with Crippen molar-refractivity contribution in [2.24, 2.45) is 18.7 Å². The third kappa shape index (κ3) is 1.72. The van der Waals surface area contributed by atoms with Crippen molar-refractivity contribution < 1.29 is 0 Å². The molecule has 2 aromatic rings. The minimum atomic E-state index is -0.167. The summed E-state index contributed by atoms with van der Waals surface area (Å²) in [6.07, 6.45) is 3.82. The van der Waals surface area contributed by atoms with E-state index in [1.807, 2.05) is 0 Å². The van der Waals surface area contributed by atoms with Crippen molar-refractivity contribution in [2.45, 2.75) is 25.4 Å². The Morgan fingerprint density at radius 1 is 1.59 bits per heavy atom. The molecule has 2 N–H and O–H groups in total. The fourth-order valence-corrected chi connectivity index (χ4v) is 1.97. The topological polar surface area (TPSA) is 91.6 Å². The van der Waals surface area contributed by atoms with Gasteiger partial charge in [0, 0.05) is 13.1 Å². The normalized spacial score (nSPS) is 17.5. The lowest BCUT2D eigenvalue weighted by molar-refractivity contribution is 0.442. The summed E-state index contributed by atoms with van der Waals surface area (Å²) in [5, 5.41) is 12.4. The molecule has 7 nitrogen and oxygen atoms in total. The van der Waals surface area contributed by atoms with Crippen LogP contribution in [0, 0.1) is 5.92 Å². The van der Waals surface area contributed by atoms with E-state index in [2.05, 4.69) is 15.4 Å². The van der Waals surface area contributed by atoms with Crippen LogP contribution in [0.25, 0.3) is 11.0 Å². The number of nitrogens with zero attached hydrogens (tertiary/aromatic N) is 5. The first-order valence-electron chi connectivity index (χ1n) is 5.68. The summed E-state index contributed by atoms with van der Waals surface area (Å²) in [6, 6.07) is -0.00359. The molecule has 2 heterocycles. The lowest BCUT2D eigenvalue weighted by atomic mass is 10.2. The number of rotatable bonds is 3. The van der Waals surface area contributed by atoms with Gasteiger partial charge in [-0.15, -0.1) is 5.10 Å². The van der Waals surface area contributed by atoms with Crippen LogP contribution < -0.4 is 11.3 Å². The maximum atomic E-state index is 12.1. The molecule has 1 aliphatic carbocycles. The van der Waals surface area contributed by atoms with Crippen LogP contribution in [0.3, 0.4) is 0 Å². The fourth-order valence-electron chi connectivity index (χ4n) is 1.97. The molecule has 0 radical (unpaired) electrons. The highest BCUT2D eigenvalue weighted by atomic mass is 16.1. The van der Waals surface area contributed by atoms with Crippen LogP contribution in [0.15, 0.2) is 11.0 Å². The molecule has 1 aliphatic rings. The molecule has 2 aromatic heterocycles. The fraction of sp³-hybridized carbons (Fsp3) is 0.600. The molecular weight excluding hydrogens is 220 g/mol. The van der Waals surface area contributed by atoms with Gasteiger partial charge in [0.05, 0.1) is 12.7 Å². The zero-order chi connectivity index (χ0) is 12.0. The first kappa shape index (κ1) is 10.4. The van der Waals surface area contributed by atoms with Gasteiger partial charge in [-0.3, -0.25) is 4.79 Å². The van der Waals surface area contributed by atoms with E-state index in [0.717, 1.165) is 12.8 Å². The lowest BCUT2D eigenvalue weighted by Gasteiger charge is -2.10. The molecule has 0 saturated heterocycles. The first-order valence-corrected chi connectivity index (χ1v) is 5.68. The molecule has 90 valence electrons. The highest BCUT2D eigenvalue weighted by Gasteiger charge is 2.29. The SMILES string of the molecule is Cn1ncc2c(=O)n(CC(N)C3CC3)nnc21. The van der Waals surface area contributed by atoms with Crippen LogP contribution in [-0.2, 0) is 13.6 Å². The summed E-state index contributed by atoms with van der Waals surface area (Å²) < 4.78 is 2.88. The average Bonchev–Trinajstić information content (AvgIpc) is 3.08. The minimum Gasteiger partial charge on any atom is -0.326 e. The first-order chi connectivity index (χ1) is 8.16. The van der Waals surface area contributed by atoms with Gasteiger partial charge in [0.15, 0.2) is 5.65 Å². The highest BCUT2D eigenvalue weighted by molar-refractivity contribution is 5.72. The van der Waals surface area contributed by atoms with Gasteiger partial charge in [-0.05, 0) is 18.8 Å². The molecule has 1 unspecified atom stereocenters. The number of fused-ring (bicyclic) bond motifs is 1. The van der Waals surface area contributed by atoms with Crippen molar-refractivity contribution in [3.05, 3.63) is 16.6 Å². The molecule has 1 fully saturated rings. The van der Waals surface area contributed by atoms with Crippen molar-refractivity contribution in [1.82, 2.24) is 24.8 Å². The summed E-state index contributed by atoms with van der Waals surface area (Å²) in [5.41, 5.74) is 6.32. The summed E-state index contributed by atoms with van der Waals surface area (Å²) >= 11 is 0. The summed E-state index contributed by atoms with van der Waals surface area (Å²) in [4.78, 5) is 12.1. The van der Waals surface area contributed by atoms with E-state index in [1.54, 1.807) is 7.05 Å². The van der Waals surface area contributed by atoms with E-state index >= 15 is 0 Å². The van der Waals surface area contributed by atoms with Crippen LogP contribution in [-0.4, -0.2) is 30.8 Å². The number of hydrogen-bond acceptors (Lipinski definition) is 5. The Morgan fingerprint density at radius 3 is 3.06 bits per heavy atom. The van der Waals surface area contributed by atoms with E-state index in [4.69, 9.17) is 5.73 Å². The molecule has 0 aliphatic heterocycles. The van der Waals surface area contributed by atoms with Gasteiger partial charge in [0.1, 0.15) is 5.39 Å². The zero-order valence-corrected chi connectivity index (χ0v) is 9.58. The summed E-state index contributed by atoms with van der Waals surface area (Å²) in [6.45, 7) is 0.432. The Bertz CT molecular complexity index is 611. The Hall–Kier alpha value is -1.76. The molecule has 0 spiro atoms. The van der Waals surface area contributed by atoms with Crippen molar-refractivity contribution in [3.8, 4) is 0 Å². The molecule has 17 heavy (non-hydrogen) atoms. The number of aromatic nitrogens is 5. The summed E-state index contributed by atoms with van der Waals surface area (Å²) in [7, 11) is 1.73. The number of nitrogens with two attached hydrogens (primary N) is 1. The standard InChI is InChI=1S/C10H14N6O/c1-15-9-7(4-12-15)10(17)16(14-13-9)5-8(11)6-2-3-6/h4,6,8H,2-3,5,11H2,1H3. The lowest BCUT2D eigenvalue weighted by Crippen LogP contribution is -2.35. The van der Waals surface area contributed by atoms with E-state index in [0.29, 0.717) is 23.5 Å². The maximum Gasteiger partial charge on any atom is 0.280 e. The average molecular weight is 234 g/mol. The van der Waals surface area contributed by atoms with Crippen molar-refractivity contribution in [3.63, 3.8) is 0 Å². The van der Waals surface area contributed by atoms with Gasteiger partial charge in [-0.2, -0.15) is 5.10 Å². The Kier molecular flexibility index (Phi) is 2.22. The molecule has 1 atom stereocenters. The van der Waals surface area contributed by atoms with Gasteiger partial charge in [-0.1, -0.05) is 5.21 Å². The van der Waals surface area contributed by atoms with Crippen molar-refractivity contribution in [2.75, 3.05) is 0 Å². The third-order valence-electron chi connectivity index (χ3n) is 3.23. The van der Waals surface area contributed by atoms with Crippen molar-refractivity contribution in [1.29, 1.82) is 0 Å². The molecular formula is C10H14N6O. The molecule has 1 saturated carbocycles. The largest absolute Gasteiger partial charge is 0.326 e. The number of aryl methyl sites for hydroxylation is 1. The van der Waals surface area contributed by atoms with E-state index < -0.39 is 0 Å². The third-order valence-corrected chi connectivity index (χ3v) is 3.23.